The van der Waals surface area contributed by atoms with Crippen molar-refractivity contribution in [3.8, 4) is 0 Å². The van der Waals surface area contributed by atoms with Crippen molar-refractivity contribution in [1.29, 1.82) is 0 Å². The van der Waals surface area contributed by atoms with E-state index in [2.05, 4.69) is 10.2 Å². The third-order valence-electron chi connectivity index (χ3n) is 4.19. The average molecular weight is 396 g/mol. The van der Waals surface area contributed by atoms with E-state index in [1.165, 1.54) is 30.1 Å². The van der Waals surface area contributed by atoms with E-state index in [9.17, 15) is 14.9 Å². The predicted molar refractivity (Wildman–Crippen MR) is 111 cm³/mol. The quantitative estimate of drug-likeness (QED) is 0.398. The molecule has 0 bridgehead atoms. The number of nitro groups is 1. The smallest absolute Gasteiger partial charge is 0.270 e. The fraction of sp³-hybridized carbons (Fsp3) is 0.250. The Morgan fingerprint density at radius 2 is 2.00 bits per heavy atom. The summed E-state index contributed by atoms with van der Waals surface area (Å²) in [5.74, 6) is 0.0417. The topological polar surface area (TPSA) is 88.2 Å². The largest absolute Gasteiger partial charge is 0.284 e. The molecular weight excluding hydrogens is 376 g/mol. The Labute approximate surface area is 167 Å². The van der Waals surface area contributed by atoms with E-state index in [1.54, 1.807) is 17.0 Å². The number of nitro benzene ring substituents is 1. The standard InChI is InChI=1S/C20H20N4O3S/c1-2-7-18-19(25)23(14-15-8-4-3-5-9-15)20(28-18)22-21-13-16-10-6-11-17(12-16)24(26)27/h3-6,8-13,18H,2,7,14H2,1H3/b21-13+,22-20+. The summed E-state index contributed by atoms with van der Waals surface area (Å²) in [5.41, 5.74) is 1.59. The van der Waals surface area contributed by atoms with Gasteiger partial charge in [0.1, 0.15) is 0 Å². The maximum atomic E-state index is 12.8. The van der Waals surface area contributed by atoms with E-state index in [0.29, 0.717) is 17.3 Å². The van der Waals surface area contributed by atoms with Gasteiger partial charge in [0.25, 0.3) is 5.69 Å². The summed E-state index contributed by atoms with van der Waals surface area (Å²) in [6.45, 7) is 2.49. The molecule has 144 valence electrons. The van der Waals surface area contributed by atoms with Crippen molar-refractivity contribution in [2.45, 2.75) is 31.6 Å². The SMILES string of the molecule is CCCC1S/C(=N/N=C/c2cccc([N+](=O)[O-])c2)N(Cc2ccccc2)C1=O. The lowest BCUT2D eigenvalue weighted by molar-refractivity contribution is -0.384. The van der Waals surface area contributed by atoms with Crippen LogP contribution in [0, 0.1) is 10.1 Å². The van der Waals surface area contributed by atoms with E-state index in [-0.39, 0.29) is 16.8 Å². The highest BCUT2D eigenvalue weighted by Gasteiger charge is 2.37. The lowest BCUT2D eigenvalue weighted by atomic mass is 10.2. The molecule has 1 aliphatic heterocycles. The van der Waals surface area contributed by atoms with Gasteiger partial charge in [-0.2, -0.15) is 5.10 Å². The zero-order valence-electron chi connectivity index (χ0n) is 15.4. The molecule has 28 heavy (non-hydrogen) atoms. The Morgan fingerprint density at radius 1 is 1.21 bits per heavy atom. The average Bonchev–Trinajstić information content (AvgIpc) is 2.98. The normalized spacial score (nSPS) is 18.3. The highest BCUT2D eigenvalue weighted by molar-refractivity contribution is 8.15. The summed E-state index contributed by atoms with van der Waals surface area (Å²) in [5, 5.41) is 19.6. The number of non-ortho nitro benzene ring substituents is 1. The molecule has 2 aromatic rings. The molecule has 2 aromatic carbocycles. The van der Waals surface area contributed by atoms with Crippen LogP contribution >= 0.6 is 11.8 Å². The fourth-order valence-corrected chi connectivity index (χ4v) is 4.02. The fourth-order valence-electron chi connectivity index (χ4n) is 2.81. The molecule has 1 amide bonds. The van der Waals surface area contributed by atoms with E-state index in [1.807, 2.05) is 37.3 Å². The van der Waals surface area contributed by atoms with Crippen molar-refractivity contribution in [3.63, 3.8) is 0 Å². The lowest BCUT2D eigenvalue weighted by Crippen LogP contribution is -2.31. The lowest BCUT2D eigenvalue weighted by Gasteiger charge is -2.15. The number of amides is 1. The summed E-state index contributed by atoms with van der Waals surface area (Å²) in [6.07, 6.45) is 3.15. The highest BCUT2D eigenvalue weighted by Crippen LogP contribution is 2.31. The second-order valence-corrected chi connectivity index (χ2v) is 7.45. The molecule has 1 atom stereocenters. The van der Waals surface area contributed by atoms with Crippen LogP contribution in [-0.4, -0.2) is 32.4 Å². The number of benzene rings is 2. The van der Waals surface area contributed by atoms with Crippen LogP contribution in [0.2, 0.25) is 0 Å². The number of hydrogen-bond acceptors (Lipinski definition) is 6. The molecule has 1 aliphatic rings. The van der Waals surface area contributed by atoms with E-state index in [4.69, 9.17) is 0 Å². The summed E-state index contributed by atoms with van der Waals surface area (Å²) >= 11 is 1.42. The molecule has 8 heteroatoms. The van der Waals surface area contributed by atoms with Gasteiger partial charge in [0.05, 0.1) is 22.9 Å². The van der Waals surface area contributed by atoms with Crippen LogP contribution < -0.4 is 0 Å². The highest BCUT2D eigenvalue weighted by atomic mass is 32.2. The minimum absolute atomic E-state index is 0.00395. The van der Waals surface area contributed by atoms with Gasteiger partial charge in [0.15, 0.2) is 5.17 Å². The minimum Gasteiger partial charge on any atom is -0.284 e. The Balaban J connectivity index is 1.81. The van der Waals surface area contributed by atoms with Crippen molar-refractivity contribution in [2.24, 2.45) is 10.2 Å². The first-order valence-electron chi connectivity index (χ1n) is 8.96. The number of amidine groups is 1. The van der Waals surface area contributed by atoms with Crippen LogP contribution in [0.5, 0.6) is 0 Å². The first kappa shape index (κ1) is 19.8. The summed E-state index contributed by atoms with van der Waals surface area (Å²) < 4.78 is 0. The number of carbonyl (C=O) groups excluding carboxylic acids is 1. The molecule has 0 aromatic heterocycles. The molecule has 3 rings (SSSR count). The van der Waals surface area contributed by atoms with Gasteiger partial charge in [-0.15, -0.1) is 5.10 Å². The molecule has 7 nitrogen and oxygen atoms in total. The molecule has 0 radical (unpaired) electrons. The molecule has 1 saturated heterocycles. The second-order valence-electron chi connectivity index (χ2n) is 6.28. The molecule has 0 spiro atoms. The molecule has 0 aliphatic carbocycles. The van der Waals surface area contributed by atoms with Crippen LogP contribution in [0.4, 0.5) is 5.69 Å². The van der Waals surface area contributed by atoms with Gasteiger partial charge in [-0.1, -0.05) is 67.6 Å². The summed E-state index contributed by atoms with van der Waals surface area (Å²) in [7, 11) is 0. The third kappa shape index (κ3) is 4.83. The van der Waals surface area contributed by atoms with Gasteiger partial charge >= 0.3 is 0 Å². The Hall–Kier alpha value is -3.00. The summed E-state index contributed by atoms with van der Waals surface area (Å²) in [4.78, 5) is 24.8. The monoisotopic (exact) mass is 396 g/mol. The van der Waals surface area contributed by atoms with Crippen molar-refractivity contribution in [3.05, 3.63) is 75.8 Å². The Morgan fingerprint density at radius 3 is 2.71 bits per heavy atom. The minimum atomic E-state index is -0.453. The Kier molecular flexibility index (Phi) is 6.54. The molecule has 0 saturated carbocycles. The van der Waals surface area contributed by atoms with E-state index < -0.39 is 4.92 Å². The number of thioether (sulfide) groups is 1. The number of carbonyl (C=O) groups is 1. The number of rotatable bonds is 7. The van der Waals surface area contributed by atoms with Gasteiger partial charge in [-0.25, -0.2) is 0 Å². The molecule has 1 heterocycles. The maximum absolute atomic E-state index is 12.8. The van der Waals surface area contributed by atoms with E-state index >= 15 is 0 Å². The predicted octanol–water partition coefficient (Wildman–Crippen LogP) is 4.23. The van der Waals surface area contributed by atoms with Crippen LogP contribution in [0.3, 0.4) is 0 Å². The van der Waals surface area contributed by atoms with Crippen LogP contribution in [-0.2, 0) is 11.3 Å². The van der Waals surface area contributed by atoms with Crippen LogP contribution in [0.25, 0.3) is 0 Å². The van der Waals surface area contributed by atoms with Gasteiger partial charge in [0.2, 0.25) is 5.91 Å². The molecule has 1 unspecified atom stereocenters. The molecule has 1 fully saturated rings. The summed E-state index contributed by atoms with van der Waals surface area (Å²) in [6, 6.07) is 15.9. The van der Waals surface area contributed by atoms with Crippen molar-refractivity contribution < 1.29 is 9.72 Å². The number of nitrogens with zero attached hydrogens (tertiary/aromatic N) is 4. The van der Waals surface area contributed by atoms with Gasteiger partial charge < -0.3 is 0 Å². The maximum Gasteiger partial charge on any atom is 0.270 e. The number of hydrogen-bond donors (Lipinski definition) is 0. The van der Waals surface area contributed by atoms with Crippen LogP contribution in [0.15, 0.2) is 64.8 Å². The third-order valence-corrected chi connectivity index (χ3v) is 5.42. The van der Waals surface area contributed by atoms with Crippen molar-refractivity contribution >= 4 is 34.7 Å². The zero-order chi connectivity index (χ0) is 19.9. The van der Waals surface area contributed by atoms with E-state index in [0.717, 1.165) is 18.4 Å². The van der Waals surface area contributed by atoms with Gasteiger partial charge in [0, 0.05) is 17.7 Å². The zero-order valence-corrected chi connectivity index (χ0v) is 16.2. The first-order valence-corrected chi connectivity index (χ1v) is 9.84. The molecule has 0 N–H and O–H groups in total. The first-order chi connectivity index (χ1) is 13.6. The van der Waals surface area contributed by atoms with Crippen LogP contribution in [0.1, 0.15) is 30.9 Å². The van der Waals surface area contributed by atoms with Crippen molar-refractivity contribution in [1.82, 2.24) is 4.90 Å². The van der Waals surface area contributed by atoms with Gasteiger partial charge in [-0.3, -0.25) is 19.8 Å². The van der Waals surface area contributed by atoms with Gasteiger partial charge in [-0.05, 0) is 12.0 Å². The second kappa shape index (κ2) is 9.27. The molecular formula is C20H20N4O3S. The van der Waals surface area contributed by atoms with Crippen molar-refractivity contribution in [2.75, 3.05) is 0 Å². The Bertz CT molecular complexity index is 915.